The van der Waals surface area contributed by atoms with Gasteiger partial charge >= 0.3 is 5.97 Å². The van der Waals surface area contributed by atoms with Crippen molar-refractivity contribution in [2.24, 2.45) is 34.5 Å². The van der Waals surface area contributed by atoms with Crippen molar-refractivity contribution in [2.75, 3.05) is 6.61 Å². The summed E-state index contributed by atoms with van der Waals surface area (Å²) in [6.07, 6.45) is 11.1. The molecule has 0 aromatic rings. The molecule has 4 aliphatic rings. The molecule has 0 saturated heterocycles. The smallest absolute Gasteiger partial charge is 0.305 e. The van der Waals surface area contributed by atoms with Crippen LogP contribution in [0.3, 0.4) is 0 Å². The molecule has 0 aliphatic heterocycles. The highest BCUT2D eigenvalue weighted by molar-refractivity contribution is 9.09. The number of halogens is 1. The summed E-state index contributed by atoms with van der Waals surface area (Å²) in [7, 11) is 0. The molecule has 1 N–H and O–H groups in total. The second-order valence-corrected chi connectivity index (χ2v) is 13.0. The van der Waals surface area contributed by atoms with E-state index < -0.39 is 0 Å². The first-order valence-corrected chi connectivity index (χ1v) is 14.2. The van der Waals surface area contributed by atoms with E-state index >= 15 is 0 Å². The van der Waals surface area contributed by atoms with Crippen molar-refractivity contribution in [3.63, 3.8) is 0 Å². The van der Waals surface area contributed by atoms with Gasteiger partial charge in [0.25, 0.3) is 0 Å². The standard InChI is InChI=1S/C27H43BrO5/c1-4-23(31)33-25-21(28)16-20-24-19(9-11-27(20,25)3)26(2)10-8-18(14-17(26)15-22(24)30)32-13-7-5-6-12-29/h12,17-22,24-25,30H,4-11,13-16H2,1-3H3/t17?,18-,19?,20?,21+,22-,24?,25-,26-,27-/m0/s1. The van der Waals surface area contributed by atoms with Crippen LogP contribution in [0.15, 0.2) is 0 Å². The molecule has 5 nitrogen and oxygen atoms in total. The molecule has 0 aromatic carbocycles. The van der Waals surface area contributed by atoms with Gasteiger partial charge in [0, 0.05) is 24.9 Å². The average Bonchev–Trinajstić information content (AvgIpc) is 3.04. The third kappa shape index (κ3) is 4.70. The Hall–Kier alpha value is -0.460. The molecule has 4 saturated carbocycles. The minimum Gasteiger partial charge on any atom is -0.461 e. The number of alkyl halides is 1. The predicted octanol–water partition coefficient (Wildman–Crippen LogP) is 5.45. The fraction of sp³-hybridized carbons (Fsp3) is 0.926. The van der Waals surface area contributed by atoms with Gasteiger partial charge in [-0.25, -0.2) is 0 Å². The highest BCUT2D eigenvalue weighted by atomic mass is 79.9. The lowest BCUT2D eigenvalue weighted by Crippen LogP contribution is -2.59. The van der Waals surface area contributed by atoms with Gasteiger partial charge in [-0.3, -0.25) is 4.79 Å². The molecule has 10 atom stereocenters. The minimum absolute atomic E-state index is 0.0633. The zero-order valence-corrected chi connectivity index (χ0v) is 22.2. The van der Waals surface area contributed by atoms with Gasteiger partial charge in [-0.1, -0.05) is 36.7 Å². The van der Waals surface area contributed by atoms with Gasteiger partial charge in [-0.2, -0.15) is 0 Å². The summed E-state index contributed by atoms with van der Waals surface area (Å²) in [5.74, 6) is 1.58. The first-order chi connectivity index (χ1) is 15.7. The number of aliphatic hydroxyl groups is 1. The number of hydrogen-bond acceptors (Lipinski definition) is 5. The molecule has 0 radical (unpaired) electrons. The van der Waals surface area contributed by atoms with Crippen LogP contribution in [0.2, 0.25) is 0 Å². The predicted molar refractivity (Wildman–Crippen MR) is 131 cm³/mol. The zero-order valence-electron chi connectivity index (χ0n) is 20.6. The molecule has 4 unspecified atom stereocenters. The molecular formula is C27H43BrO5. The van der Waals surface area contributed by atoms with Crippen LogP contribution >= 0.6 is 15.9 Å². The lowest BCUT2D eigenvalue weighted by molar-refractivity contribution is -0.187. The van der Waals surface area contributed by atoms with E-state index in [1.807, 2.05) is 6.92 Å². The number of ether oxygens (including phenoxy) is 2. The summed E-state index contributed by atoms with van der Waals surface area (Å²) >= 11 is 3.86. The quantitative estimate of drug-likeness (QED) is 0.197. The fourth-order valence-electron chi connectivity index (χ4n) is 8.28. The summed E-state index contributed by atoms with van der Waals surface area (Å²) in [4.78, 5) is 22.8. The number of aliphatic hydroxyl groups excluding tert-OH is 1. The SMILES string of the molecule is CCC(=O)O[C@H]1[C@H](Br)CC2C3C(CC[C@@]21C)[C@@]1(C)CC[C@H](OCCCCC=O)CC1C[C@@H]3O. The van der Waals surface area contributed by atoms with E-state index in [0.717, 1.165) is 64.3 Å². The summed E-state index contributed by atoms with van der Waals surface area (Å²) in [6, 6.07) is 0. The first kappa shape index (κ1) is 25.6. The van der Waals surface area contributed by atoms with Crippen LogP contribution in [-0.2, 0) is 19.1 Å². The summed E-state index contributed by atoms with van der Waals surface area (Å²) < 4.78 is 12.2. The zero-order chi connectivity index (χ0) is 23.8. The first-order valence-electron chi connectivity index (χ1n) is 13.3. The molecule has 33 heavy (non-hydrogen) atoms. The molecule has 4 aliphatic carbocycles. The largest absolute Gasteiger partial charge is 0.461 e. The number of carbonyl (C=O) groups is 2. The van der Waals surface area contributed by atoms with E-state index in [0.29, 0.717) is 30.6 Å². The van der Waals surface area contributed by atoms with Crippen LogP contribution in [-0.4, -0.2) is 47.1 Å². The molecule has 4 rings (SSSR count). The van der Waals surface area contributed by atoms with Crippen LogP contribution in [0.25, 0.3) is 0 Å². The highest BCUT2D eigenvalue weighted by Gasteiger charge is 2.65. The van der Waals surface area contributed by atoms with Gasteiger partial charge in [0.2, 0.25) is 0 Å². The van der Waals surface area contributed by atoms with Crippen molar-refractivity contribution in [3.8, 4) is 0 Å². The third-order valence-electron chi connectivity index (χ3n) is 10.1. The lowest BCUT2D eigenvalue weighted by atomic mass is 9.44. The monoisotopic (exact) mass is 526 g/mol. The number of aldehydes is 1. The number of rotatable bonds is 8. The molecule has 6 heteroatoms. The van der Waals surface area contributed by atoms with Gasteiger partial charge < -0.3 is 19.4 Å². The number of esters is 1. The normalized spacial score (nSPS) is 46.7. The van der Waals surface area contributed by atoms with E-state index in [9.17, 15) is 14.7 Å². The minimum atomic E-state index is -0.288. The Morgan fingerprint density at radius 2 is 1.85 bits per heavy atom. The summed E-state index contributed by atoms with van der Waals surface area (Å²) in [6.45, 7) is 7.38. The topological polar surface area (TPSA) is 72.8 Å². The Morgan fingerprint density at radius 3 is 2.58 bits per heavy atom. The number of carbonyl (C=O) groups excluding carboxylic acids is 2. The second-order valence-electron chi connectivity index (χ2n) is 11.8. The maximum Gasteiger partial charge on any atom is 0.305 e. The molecule has 0 amide bonds. The van der Waals surface area contributed by atoms with Crippen molar-refractivity contribution >= 4 is 28.2 Å². The van der Waals surface area contributed by atoms with Crippen molar-refractivity contribution < 1.29 is 24.2 Å². The lowest BCUT2D eigenvalue weighted by Gasteiger charge is -2.62. The Kier molecular flexibility index (Phi) is 7.97. The van der Waals surface area contributed by atoms with Crippen molar-refractivity contribution in [1.29, 1.82) is 0 Å². The maximum atomic E-state index is 12.2. The Balaban J connectivity index is 1.45. The Labute approximate surface area is 207 Å². The number of unbranched alkanes of at least 4 members (excludes halogenated alkanes) is 2. The summed E-state index contributed by atoms with van der Waals surface area (Å²) in [5.41, 5.74) is 0.189. The van der Waals surface area contributed by atoms with Crippen molar-refractivity contribution in [3.05, 3.63) is 0 Å². The molecular weight excluding hydrogens is 484 g/mol. The van der Waals surface area contributed by atoms with E-state index in [1.165, 1.54) is 6.42 Å². The van der Waals surface area contributed by atoms with Crippen LogP contribution < -0.4 is 0 Å². The molecule has 188 valence electrons. The molecule has 0 spiro atoms. The van der Waals surface area contributed by atoms with E-state index in [-0.39, 0.29) is 45.9 Å². The van der Waals surface area contributed by atoms with Crippen LogP contribution in [0, 0.1) is 34.5 Å². The van der Waals surface area contributed by atoms with Gasteiger partial charge in [0.05, 0.1) is 17.0 Å². The Morgan fingerprint density at radius 1 is 1.09 bits per heavy atom. The van der Waals surface area contributed by atoms with E-state index in [4.69, 9.17) is 9.47 Å². The van der Waals surface area contributed by atoms with Gasteiger partial charge in [0.15, 0.2) is 0 Å². The maximum absolute atomic E-state index is 12.2. The van der Waals surface area contributed by atoms with Gasteiger partial charge in [-0.15, -0.1) is 0 Å². The van der Waals surface area contributed by atoms with Crippen molar-refractivity contribution in [1.82, 2.24) is 0 Å². The van der Waals surface area contributed by atoms with Crippen molar-refractivity contribution in [2.45, 2.75) is 115 Å². The van der Waals surface area contributed by atoms with Crippen LogP contribution in [0.5, 0.6) is 0 Å². The molecule has 0 aromatic heterocycles. The van der Waals surface area contributed by atoms with Crippen LogP contribution in [0.1, 0.15) is 91.4 Å². The van der Waals surface area contributed by atoms with E-state index in [2.05, 4.69) is 29.8 Å². The highest BCUT2D eigenvalue weighted by Crippen LogP contribution is 2.67. The third-order valence-corrected chi connectivity index (χ3v) is 11.0. The molecule has 0 heterocycles. The van der Waals surface area contributed by atoms with E-state index in [1.54, 1.807) is 0 Å². The molecule has 4 fully saturated rings. The number of hydrogen-bond donors (Lipinski definition) is 1. The van der Waals surface area contributed by atoms with Gasteiger partial charge in [-0.05, 0) is 86.9 Å². The number of fused-ring (bicyclic) bond motifs is 5. The Bertz CT molecular complexity index is 715. The van der Waals surface area contributed by atoms with Gasteiger partial charge in [0.1, 0.15) is 12.4 Å². The average molecular weight is 528 g/mol. The fourth-order valence-corrected chi connectivity index (χ4v) is 9.39. The molecule has 0 bridgehead atoms. The van der Waals surface area contributed by atoms with Crippen LogP contribution in [0.4, 0.5) is 0 Å². The summed E-state index contributed by atoms with van der Waals surface area (Å²) in [5, 5.41) is 11.5. The second kappa shape index (κ2) is 10.3.